The number of furan rings is 1. The second-order valence-corrected chi connectivity index (χ2v) is 8.20. The highest BCUT2D eigenvalue weighted by Crippen LogP contribution is 2.31. The van der Waals surface area contributed by atoms with Crippen molar-refractivity contribution in [3.05, 3.63) is 63.9 Å². The molecule has 0 aliphatic carbocycles. The number of carbonyl (C=O) groups is 1. The lowest BCUT2D eigenvalue weighted by Gasteiger charge is -2.09. The molecular formula is C19H18N2O7S. The fourth-order valence-electron chi connectivity index (χ4n) is 2.86. The summed E-state index contributed by atoms with van der Waals surface area (Å²) in [5, 5.41) is 15.0. The highest BCUT2D eigenvalue weighted by atomic mass is 32.2. The summed E-state index contributed by atoms with van der Waals surface area (Å²) in [6, 6.07) is 10.6. The van der Waals surface area contributed by atoms with E-state index in [1.807, 2.05) is 0 Å². The number of ether oxygens (including phenoxy) is 1. The highest BCUT2D eigenvalue weighted by Gasteiger charge is 2.23. The molecule has 0 saturated heterocycles. The summed E-state index contributed by atoms with van der Waals surface area (Å²) in [5.74, 6) is -0.626. The molecule has 1 aromatic heterocycles. The Balaban J connectivity index is 2.00. The van der Waals surface area contributed by atoms with Crippen LogP contribution >= 0.6 is 0 Å². The number of nitro groups is 1. The monoisotopic (exact) mass is 418 g/mol. The van der Waals surface area contributed by atoms with Crippen LogP contribution in [-0.4, -0.2) is 32.2 Å². The molecule has 152 valence electrons. The molecule has 2 aromatic carbocycles. The standard InChI is InChI=1S/C19H18N2O7S/c1-3-27-19(22)18-14(13-6-4-5-7-17(13)28-18)11-20-15-9-8-12(29(2,25)26)10-16(15)21(23)24/h4-10,20H,3,11H2,1-2H3. The first kappa shape index (κ1) is 20.3. The third-order valence-electron chi connectivity index (χ3n) is 4.21. The number of nitrogens with one attached hydrogen (secondary N) is 1. The quantitative estimate of drug-likeness (QED) is 0.350. The summed E-state index contributed by atoms with van der Waals surface area (Å²) < 4.78 is 34.0. The number of sulfone groups is 1. The average molecular weight is 418 g/mol. The van der Waals surface area contributed by atoms with Crippen molar-refractivity contribution in [1.82, 2.24) is 0 Å². The summed E-state index contributed by atoms with van der Waals surface area (Å²) in [6.45, 7) is 1.87. The van der Waals surface area contributed by atoms with Crippen LogP contribution in [0, 0.1) is 10.1 Å². The number of anilines is 1. The summed E-state index contributed by atoms with van der Waals surface area (Å²) in [4.78, 5) is 22.8. The number of esters is 1. The predicted molar refractivity (Wildman–Crippen MR) is 106 cm³/mol. The van der Waals surface area contributed by atoms with Gasteiger partial charge in [0.15, 0.2) is 9.84 Å². The Hall–Kier alpha value is -3.40. The Labute approximate surface area is 166 Å². The van der Waals surface area contributed by atoms with E-state index < -0.39 is 26.4 Å². The Morgan fingerprint density at radius 2 is 1.97 bits per heavy atom. The summed E-state index contributed by atoms with van der Waals surface area (Å²) in [5.41, 5.74) is 0.690. The van der Waals surface area contributed by atoms with Gasteiger partial charge in [0.1, 0.15) is 11.3 Å². The Morgan fingerprint density at radius 1 is 1.24 bits per heavy atom. The number of hydrogen-bond donors (Lipinski definition) is 1. The smallest absolute Gasteiger partial charge is 0.374 e. The fourth-order valence-corrected chi connectivity index (χ4v) is 3.50. The molecule has 3 aromatic rings. The van der Waals surface area contributed by atoms with Crippen LogP contribution in [0.15, 0.2) is 51.8 Å². The van der Waals surface area contributed by atoms with Gasteiger partial charge in [-0.25, -0.2) is 13.2 Å². The number of rotatable bonds is 7. The maximum absolute atomic E-state index is 12.3. The van der Waals surface area contributed by atoms with Crippen molar-refractivity contribution >= 4 is 38.2 Å². The number of fused-ring (bicyclic) bond motifs is 1. The second kappa shape index (κ2) is 7.92. The number of benzene rings is 2. The van der Waals surface area contributed by atoms with Crippen LogP contribution in [-0.2, 0) is 21.1 Å². The fraction of sp³-hybridized carbons (Fsp3) is 0.211. The van der Waals surface area contributed by atoms with Crippen molar-refractivity contribution in [2.24, 2.45) is 0 Å². The molecule has 0 atom stereocenters. The molecule has 1 heterocycles. The van der Waals surface area contributed by atoms with Crippen molar-refractivity contribution in [3.63, 3.8) is 0 Å². The first-order chi connectivity index (χ1) is 13.7. The molecule has 1 N–H and O–H groups in total. The van der Waals surface area contributed by atoms with Crippen LogP contribution in [0.5, 0.6) is 0 Å². The molecule has 29 heavy (non-hydrogen) atoms. The van der Waals surface area contributed by atoms with Crippen LogP contribution in [0.2, 0.25) is 0 Å². The lowest BCUT2D eigenvalue weighted by molar-refractivity contribution is -0.384. The molecule has 0 unspecified atom stereocenters. The van der Waals surface area contributed by atoms with Gasteiger partial charge in [-0.1, -0.05) is 18.2 Å². The van der Waals surface area contributed by atoms with Crippen molar-refractivity contribution in [2.45, 2.75) is 18.4 Å². The summed E-state index contributed by atoms with van der Waals surface area (Å²) in [6.07, 6.45) is 0.975. The SMILES string of the molecule is CCOC(=O)c1oc2ccccc2c1CNc1ccc(S(C)(=O)=O)cc1[N+](=O)[O-]. The van der Waals surface area contributed by atoms with Crippen LogP contribution in [0.3, 0.4) is 0 Å². The summed E-state index contributed by atoms with van der Waals surface area (Å²) in [7, 11) is -3.60. The van der Waals surface area contributed by atoms with E-state index in [0.717, 1.165) is 12.3 Å². The lowest BCUT2D eigenvalue weighted by Crippen LogP contribution is -2.10. The zero-order valence-corrected chi connectivity index (χ0v) is 16.5. The van der Waals surface area contributed by atoms with Crippen molar-refractivity contribution in [1.29, 1.82) is 0 Å². The number of nitrogens with zero attached hydrogens (tertiary/aromatic N) is 1. The minimum Gasteiger partial charge on any atom is -0.460 e. The van der Waals surface area contributed by atoms with Gasteiger partial charge in [0, 0.05) is 29.8 Å². The first-order valence-electron chi connectivity index (χ1n) is 8.62. The number of nitro benzene ring substituents is 1. The highest BCUT2D eigenvalue weighted by molar-refractivity contribution is 7.90. The van der Waals surface area contributed by atoms with Crippen LogP contribution in [0.1, 0.15) is 23.0 Å². The summed E-state index contributed by atoms with van der Waals surface area (Å²) >= 11 is 0. The molecular weight excluding hydrogens is 400 g/mol. The molecule has 0 bridgehead atoms. The first-order valence-corrected chi connectivity index (χ1v) is 10.5. The van der Waals surface area contributed by atoms with E-state index in [9.17, 15) is 23.3 Å². The third-order valence-corrected chi connectivity index (χ3v) is 5.32. The zero-order chi connectivity index (χ0) is 21.2. The molecule has 3 rings (SSSR count). The number of carbonyl (C=O) groups excluding carboxylic acids is 1. The number of hydrogen-bond acceptors (Lipinski definition) is 8. The molecule has 9 nitrogen and oxygen atoms in total. The second-order valence-electron chi connectivity index (χ2n) is 6.19. The molecule has 0 aliphatic rings. The predicted octanol–water partition coefficient (Wildman–Crippen LogP) is 3.53. The van der Waals surface area contributed by atoms with E-state index in [1.54, 1.807) is 31.2 Å². The maximum atomic E-state index is 12.3. The van der Waals surface area contributed by atoms with Crippen molar-refractivity contribution in [2.75, 3.05) is 18.2 Å². The van der Waals surface area contributed by atoms with Gasteiger partial charge in [-0.2, -0.15) is 0 Å². The molecule has 10 heteroatoms. The van der Waals surface area contributed by atoms with E-state index in [-0.39, 0.29) is 29.5 Å². The van der Waals surface area contributed by atoms with Gasteiger partial charge in [-0.3, -0.25) is 10.1 Å². The van der Waals surface area contributed by atoms with E-state index in [4.69, 9.17) is 9.15 Å². The van der Waals surface area contributed by atoms with Crippen LogP contribution < -0.4 is 5.32 Å². The molecule has 0 spiro atoms. The Morgan fingerprint density at radius 3 is 2.62 bits per heavy atom. The molecule has 0 aliphatic heterocycles. The van der Waals surface area contributed by atoms with Gasteiger partial charge < -0.3 is 14.5 Å². The van der Waals surface area contributed by atoms with Crippen LogP contribution in [0.25, 0.3) is 11.0 Å². The molecule has 0 amide bonds. The largest absolute Gasteiger partial charge is 0.460 e. The molecule has 0 saturated carbocycles. The third kappa shape index (κ3) is 4.21. The minimum atomic E-state index is -3.60. The van der Waals surface area contributed by atoms with Gasteiger partial charge >= 0.3 is 5.97 Å². The van der Waals surface area contributed by atoms with E-state index >= 15 is 0 Å². The van der Waals surface area contributed by atoms with Crippen LogP contribution in [0.4, 0.5) is 11.4 Å². The normalized spacial score (nSPS) is 11.4. The van der Waals surface area contributed by atoms with Gasteiger partial charge in [0.05, 0.1) is 16.4 Å². The van der Waals surface area contributed by atoms with E-state index in [0.29, 0.717) is 16.5 Å². The van der Waals surface area contributed by atoms with Crippen molar-refractivity contribution in [3.8, 4) is 0 Å². The van der Waals surface area contributed by atoms with E-state index in [1.165, 1.54) is 12.1 Å². The average Bonchev–Trinajstić information content (AvgIpc) is 3.04. The molecule has 0 radical (unpaired) electrons. The maximum Gasteiger partial charge on any atom is 0.374 e. The minimum absolute atomic E-state index is 0.0101. The lowest BCUT2D eigenvalue weighted by atomic mass is 10.1. The van der Waals surface area contributed by atoms with Crippen molar-refractivity contribution < 1.29 is 27.3 Å². The topological polar surface area (TPSA) is 129 Å². The van der Waals surface area contributed by atoms with Gasteiger partial charge in [-0.05, 0) is 25.1 Å². The van der Waals surface area contributed by atoms with Gasteiger partial charge in [0.2, 0.25) is 5.76 Å². The van der Waals surface area contributed by atoms with E-state index in [2.05, 4.69) is 5.32 Å². The Kier molecular flexibility index (Phi) is 5.55. The Bertz CT molecular complexity index is 1200. The number of para-hydroxylation sites is 1. The zero-order valence-electron chi connectivity index (χ0n) is 15.7. The molecule has 0 fully saturated rings. The van der Waals surface area contributed by atoms with Gasteiger partial charge in [-0.15, -0.1) is 0 Å². The van der Waals surface area contributed by atoms with Gasteiger partial charge in [0.25, 0.3) is 5.69 Å².